The van der Waals surface area contributed by atoms with Crippen molar-refractivity contribution in [2.24, 2.45) is 11.8 Å². The van der Waals surface area contributed by atoms with Gasteiger partial charge in [0.15, 0.2) is 0 Å². The lowest BCUT2D eigenvalue weighted by atomic mass is 10.0. The van der Waals surface area contributed by atoms with Gasteiger partial charge in [0.25, 0.3) is 0 Å². The second kappa shape index (κ2) is 14.8. The molecule has 4 N–H and O–H groups in total. The SMILES string of the molecule is COC(=O)N[C@H](C(=O)N1C[Si](C)(C)C[C@H]1c1nc2cc(-c3ccc4nc([C@@H]5C[Si](C)(C)CN5C(=O)[C@@H](NC(=O)OC)C(C)C)[nH]c4c3)ccc2[nH]1)C(C)C. The highest BCUT2D eigenvalue weighted by Gasteiger charge is 2.47. The molecule has 4 atom stereocenters. The Morgan fingerprint density at radius 3 is 1.61 bits per heavy atom. The summed E-state index contributed by atoms with van der Waals surface area (Å²) in [6, 6.07) is 12.1. The summed E-state index contributed by atoms with van der Waals surface area (Å²) in [6.45, 7) is 16.8. The molecule has 0 spiro atoms. The molecule has 2 aromatic carbocycles. The molecule has 0 aliphatic carbocycles. The highest BCUT2D eigenvalue weighted by molar-refractivity contribution is 6.79. The number of ether oxygens (including phenoxy) is 2. The van der Waals surface area contributed by atoms with Crippen LogP contribution in [0.25, 0.3) is 33.2 Å². The Labute approximate surface area is 318 Å². The monoisotopic (exact) mass is 774 g/mol. The first-order valence-electron chi connectivity index (χ1n) is 18.7. The van der Waals surface area contributed by atoms with E-state index in [1.165, 1.54) is 14.2 Å². The molecule has 2 fully saturated rings. The molecule has 290 valence electrons. The van der Waals surface area contributed by atoms with Crippen LogP contribution in [0.15, 0.2) is 36.4 Å². The van der Waals surface area contributed by atoms with Crippen molar-refractivity contribution in [2.75, 3.05) is 26.6 Å². The van der Waals surface area contributed by atoms with E-state index in [4.69, 9.17) is 19.4 Å². The molecule has 4 amide bonds. The topological polar surface area (TPSA) is 175 Å². The summed E-state index contributed by atoms with van der Waals surface area (Å²) in [5.74, 6) is 0.992. The van der Waals surface area contributed by atoms with E-state index in [0.717, 1.165) is 56.9 Å². The normalized spacial score (nSPS) is 20.4. The lowest BCUT2D eigenvalue weighted by Gasteiger charge is -2.30. The van der Waals surface area contributed by atoms with Gasteiger partial charge in [0.1, 0.15) is 23.7 Å². The molecule has 2 aromatic heterocycles. The van der Waals surface area contributed by atoms with E-state index >= 15 is 0 Å². The zero-order valence-corrected chi connectivity index (χ0v) is 35.0. The molecule has 0 radical (unpaired) electrons. The van der Waals surface area contributed by atoms with Crippen LogP contribution in [0, 0.1) is 11.8 Å². The highest BCUT2D eigenvalue weighted by atomic mass is 28.3. The zero-order chi connectivity index (χ0) is 39.3. The lowest BCUT2D eigenvalue weighted by Crippen LogP contribution is -2.52. The molecule has 0 saturated carbocycles. The summed E-state index contributed by atoms with van der Waals surface area (Å²) in [6.07, 6.45) is 0.0969. The Morgan fingerprint density at radius 1 is 0.685 bits per heavy atom. The van der Waals surface area contributed by atoms with Crippen LogP contribution in [0.3, 0.4) is 0 Å². The number of alkyl carbamates (subject to hydrolysis) is 2. The number of imidazole rings is 2. The van der Waals surface area contributed by atoms with Crippen LogP contribution in [0.1, 0.15) is 51.4 Å². The molecular formula is C38H54N8O6Si2. The van der Waals surface area contributed by atoms with Crippen LogP contribution < -0.4 is 10.6 Å². The van der Waals surface area contributed by atoms with E-state index in [2.05, 4.69) is 65.0 Å². The fourth-order valence-corrected chi connectivity index (χ4v) is 13.8. The van der Waals surface area contributed by atoms with Gasteiger partial charge >= 0.3 is 12.2 Å². The minimum atomic E-state index is -1.78. The summed E-state index contributed by atoms with van der Waals surface area (Å²) in [7, 11) is -0.955. The van der Waals surface area contributed by atoms with Gasteiger partial charge in [-0.1, -0.05) is 66.0 Å². The number of carbonyl (C=O) groups is 4. The van der Waals surface area contributed by atoms with Gasteiger partial charge in [0, 0.05) is 12.3 Å². The maximum Gasteiger partial charge on any atom is 0.407 e. The third-order valence-electron chi connectivity index (χ3n) is 10.8. The van der Waals surface area contributed by atoms with Crippen LogP contribution in [0.4, 0.5) is 9.59 Å². The number of aromatic amines is 2. The van der Waals surface area contributed by atoms with Gasteiger partial charge in [-0.15, -0.1) is 0 Å². The Morgan fingerprint density at radius 2 is 1.13 bits per heavy atom. The number of benzene rings is 2. The molecule has 6 rings (SSSR count). The van der Waals surface area contributed by atoms with Gasteiger partial charge in [0.05, 0.1) is 64.5 Å². The van der Waals surface area contributed by atoms with Crippen molar-refractivity contribution >= 4 is 62.2 Å². The number of fused-ring (bicyclic) bond motifs is 2. The molecule has 14 nitrogen and oxygen atoms in total. The predicted molar refractivity (Wildman–Crippen MR) is 213 cm³/mol. The van der Waals surface area contributed by atoms with Gasteiger partial charge in [-0.2, -0.15) is 0 Å². The standard InChI is InChI=1S/C38H54N8O6Si2/c1-21(2)31(43-37(49)51-5)35(47)45-19-53(7,8)17-29(45)33-39-25-13-11-23(15-27(25)41-33)24-12-14-26-28(16-24)42-34(40-26)30-18-54(9,10)20-46(30)36(48)32(22(3)4)44-38(50)52-6/h11-16,21-22,29-32H,17-20H2,1-10H3,(H,39,41)(H,40,42)(H,43,49)(H,44,50)/t29-,30-,31-,32-/m0/s1. The van der Waals surface area contributed by atoms with Crippen LogP contribution in [-0.2, 0) is 19.1 Å². The third-order valence-corrected chi connectivity index (χ3v) is 16.1. The van der Waals surface area contributed by atoms with Gasteiger partial charge in [-0.25, -0.2) is 19.6 Å². The van der Waals surface area contributed by atoms with E-state index in [1.807, 2.05) is 55.7 Å². The number of rotatable bonds is 9. The minimum absolute atomic E-state index is 0.120. The maximum absolute atomic E-state index is 13.9. The van der Waals surface area contributed by atoms with Crippen molar-refractivity contribution < 1.29 is 28.7 Å². The zero-order valence-electron chi connectivity index (χ0n) is 33.0. The number of methoxy groups -OCH3 is 2. The van der Waals surface area contributed by atoms with Crippen LogP contribution in [0.2, 0.25) is 38.3 Å². The van der Waals surface area contributed by atoms with Crippen molar-refractivity contribution in [3.8, 4) is 11.1 Å². The largest absolute Gasteiger partial charge is 0.453 e. The number of hydrogen-bond donors (Lipinski definition) is 4. The molecule has 4 heterocycles. The first-order chi connectivity index (χ1) is 25.4. The molecule has 16 heteroatoms. The molecule has 2 aliphatic heterocycles. The number of aromatic nitrogens is 4. The van der Waals surface area contributed by atoms with E-state index < -0.39 is 40.4 Å². The summed E-state index contributed by atoms with van der Waals surface area (Å²) in [5, 5.41) is 5.49. The molecule has 4 aromatic rings. The average molecular weight is 775 g/mol. The van der Waals surface area contributed by atoms with Crippen LogP contribution >= 0.6 is 0 Å². The van der Waals surface area contributed by atoms with Crippen molar-refractivity contribution in [1.82, 2.24) is 40.4 Å². The Balaban J connectivity index is 1.27. The first-order valence-corrected chi connectivity index (χ1v) is 25.5. The molecule has 2 saturated heterocycles. The fraction of sp³-hybridized carbons (Fsp3) is 0.526. The van der Waals surface area contributed by atoms with Gasteiger partial charge in [0.2, 0.25) is 11.8 Å². The highest BCUT2D eigenvalue weighted by Crippen LogP contribution is 2.40. The quantitative estimate of drug-likeness (QED) is 0.147. The summed E-state index contributed by atoms with van der Waals surface area (Å²) < 4.78 is 9.63. The second-order valence-corrected chi connectivity index (χ2v) is 27.2. The summed E-state index contributed by atoms with van der Waals surface area (Å²) >= 11 is 0. The van der Waals surface area contributed by atoms with E-state index in [9.17, 15) is 19.2 Å². The van der Waals surface area contributed by atoms with Crippen LogP contribution in [0.5, 0.6) is 0 Å². The van der Waals surface area contributed by atoms with Crippen LogP contribution in [-0.4, -0.2) is 109 Å². The average Bonchev–Trinajstić information content (AvgIpc) is 3.89. The molecule has 2 aliphatic rings. The van der Waals surface area contributed by atoms with Gasteiger partial charge < -0.3 is 39.9 Å². The fourth-order valence-electron chi connectivity index (χ4n) is 7.98. The number of carbonyl (C=O) groups excluding carboxylic acids is 4. The van der Waals surface area contributed by atoms with Crippen molar-refractivity contribution in [3.05, 3.63) is 48.0 Å². The van der Waals surface area contributed by atoms with Crippen molar-refractivity contribution in [2.45, 2.75) is 90.1 Å². The number of nitrogens with zero attached hydrogens (tertiary/aromatic N) is 4. The molecular weight excluding hydrogens is 721 g/mol. The number of amides is 4. The molecule has 54 heavy (non-hydrogen) atoms. The maximum atomic E-state index is 13.9. The Bertz CT molecular complexity index is 1930. The lowest BCUT2D eigenvalue weighted by molar-refractivity contribution is -0.135. The number of H-pyrrole nitrogens is 2. The van der Waals surface area contributed by atoms with Crippen molar-refractivity contribution in [1.29, 1.82) is 0 Å². The number of hydrogen-bond acceptors (Lipinski definition) is 8. The predicted octanol–water partition coefficient (Wildman–Crippen LogP) is 6.13. The summed E-state index contributed by atoms with van der Waals surface area (Å²) in [5.41, 5.74) is 5.32. The van der Waals surface area contributed by atoms with Gasteiger partial charge in [-0.3, -0.25) is 9.59 Å². The van der Waals surface area contributed by atoms with E-state index in [0.29, 0.717) is 12.3 Å². The third kappa shape index (κ3) is 7.90. The Kier molecular flexibility index (Phi) is 10.7. The first kappa shape index (κ1) is 39.0. The smallest absolute Gasteiger partial charge is 0.407 e. The van der Waals surface area contributed by atoms with E-state index in [1.54, 1.807) is 0 Å². The summed E-state index contributed by atoms with van der Waals surface area (Å²) in [4.78, 5) is 73.0. The second-order valence-electron chi connectivity index (χ2n) is 17.1. The number of nitrogens with one attached hydrogen (secondary N) is 4. The van der Waals surface area contributed by atoms with E-state index in [-0.39, 0.29) is 35.7 Å². The minimum Gasteiger partial charge on any atom is -0.453 e. The Hall–Kier alpha value is -4.71. The van der Waals surface area contributed by atoms with Crippen molar-refractivity contribution in [3.63, 3.8) is 0 Å². The molecule has 0 unspecified atom stereocenters. The molecule has 0 bridgehead atoms. The van der Waals surface area contributed by atoms with Gasteiger partial charge in [-0.05, 0) is 59.3 Å².